The van der Waals surface area contributed by atoms with Crippen molar-refractivity contribution < 1.29 is 0 Å². The van der Waals surface area contributed by atoms with E-state index in [-0.39, 0.29) is 0 Å². The van der Waals surface area contributed by atoms with Crippen LogP contribution in [0.1, 0.15) is 52.9 Å². The normalized spacial score (nSPS) is 42.6. The molecule has 3 atom stereocenters. The quantitative estimate of drug-likeness (QED) is 0.545. The molecule has 0 N–H and O–H groups in total. The van der Waals surface area contributed by atoms with Gasteiger partial charge in [0.1, 0.15) is 0 Å². The molecule has 2 saturated carbocycles. The molecule has 16 heavy (non-hydrogen) atoms. The third-order valence-corrected chi connectivity index (χ3v) is 5.42. The summed E-state index contributed by atoms with van der Waals surface area (Å²) in [4.78, 5) is 0. The molecule has 0 aromatic rings. The van der Waals surface area contributed by atoms with Crippen molar-refractivity contribution in [2.75, 3.05) is 0 Å². The number of allylic oxidation sites excluding steroid dienone is 2. The Labute approximate surface area is 101 Å². The summed E-state index contributed by atoms with van der Waals surface area (Å²) in [6.45, 7) is 15.7. The van der Waals surface area contributed by atoms with Gasteiger partial charge in [-0.25, -0.2) is 0 Å². The summed E-state index contributed by atoms with van der Waals surface area (Å²) in [6.07, 6.45) is 8.83. The lowest BCUT2D eigenvalue weighted by Crippen LogP contribution is -2.48. The average molecular weight is 218 g/mol. The summed E-state index contributed by atoms with van der Waals surface area (Å²) in [5, 5.41) is 0. The fourth-order valence-electron chi connectivity index (χ4n) is 4.65. The van der Waals surface area contributed by atoms with Crippen LogP contribution in [-0.4, -0.2) is 0 Å². The van der Waals surface area contributed by atoms with Crippen molar-refractivity contribution in [1.29, 1.82) is 0 Å². The van der Waals surface area contributed by atoms with E-state index in [1.165, 1.54) is 37.7 Å². The zero-order chi connectivity index (χ0) is 12.0. The smallest absolute Gasteiger partial charge is 0.00281 e. The van der Waals surface area contributed by atoms with Gasteiger partial charge >= 0.3 is 0 Å². The highest BCUT2D eigenvalue weighted by Gasteiger charge is 2.51. The van der Waals surface area contributed by atoms with Gasteiger partial charge in [0.2, 0.25) is 0 Å². The van der Waals surface area contributed by atoms with Gasteiger partial charge in [-0.2, -0.15) is 0 Å². The highest BCUT2D eigenvalue weighted by molar-refractivity contribution is 5.20. The van der Waals surface area contributed by atoms with E-state index in [2.05, 4.69) is 40.0 Å². The van der Waals surface area contributed by atoms with Gasteiger partial charge in [0.25, 0.3) is 0 Å². The summed E-state index contributed by atoms with van der Waals surface area (Å²) < 4.78 is 0. The van der Waals surface area contributed by atoms with E-state index < -0.39 is 0 Å². The summed E-state index contributed by atoms with van der Waals surface area (Å²) >= 11 is 0. The molecule has 0 heteroatoms. The minimum Gasteiger partial charge on any atom is -0.102 e. The van der Waals surface area contributed by atoms with Crippen LogP contribution in [0.5, 0.6) is 0 Å². The maximum Gasteiger partial charge on any atom is 0.00281 e. The van der Waals surface area contributed by atoms with E-state index in [0.29, 0.717) is 16.7 Å². The van der Waals surface area contributed by atoms with Crippen molar-refractivity contribution in [2.45, 2.75) is 52.9 Å². The fourth-order valence-corrected chi connectivity index (χ4v) is 4.65. The molecular weight excluding hydrogens is 192 g/mol. The molecule has 90 valence electrons. The molecule has 0 heterocycles. The lowest BCUT2D eigenvalue weighted by molar-refractivity contribution is -0.0390. The minimum atomic E-state index is 0.429. The van der Waals surface area contributed by atoms with Gasteiger partial charge < -0.3 is 0 Å². The van der Waals surface area contributed by atoms with E-state index in [1.54, 1.807) is 0 Å². The van der Waals surface area contributed by atoms with Gasteiger partial charge in [0.15, 0.2) is 0 Å². The Morgan fingerprint density at radius 1 is 1.25 bits per heavy atom. The van der Waals surface area contributed by atoms with Crippen molar-refractivity contribution >= 4 is 0 Å². The first-order valence-electron chi connectivity index (χ1n) is 6.72. The average Bonchev–Trinajstić information content (AvgIpc) is 2.15. The molecule has 2 rings (SSSR count). The first kappa shape index (κ1) is 12.0. The second-order valence-corrected chi connectivity index (χ2v) is 6.81. The summed E-state index contributed by atoms with van der Waals surface area (Å²) in [5.41, 5.74) is 2.36. The lowest BCUT2D eigenvalue weighted by Gasteiger charge is -2.57. The van der Waals surface area contributed by atoms with E-state index in [4.69, 9.17) is 0 Å². The molecule has 0 saturated heterocycles. The standard InChI is InChI=1S/C16H26/c1-6-13-12(2)8-9-14-15(3,4)10-7-11-16(13,14)5/h6,13-14H,1-2,7-11H2,3-5H3. The van der Waals surface area contributed by atoms with E-state index in [1.807, 2.05) is 0 Å². The van der Waals surface area contributed by atoms with Gasteiger partial charge in [0.05, 0.1) is 0 Å². The van der Waals surface area contributed by atoms with Crippen LogP contribution in [0.15, 0.2) is 24.8 Å². The second-order valence-electron chi connectivity index (χ2n) is 6.81. The Balaban J connectivity index is 2.38. The highest BCUT2D eigenvalue weighted by atomic mass is 14.6. The van der Waals surface area contributed by atoms with Crippen molar-refractivity contribution in [1.82, 2.24) is 0 Å². The van der Waals surface area contributed by atoms with Crippen LogP contribution in [0.4, 0.5) is 0 Å². The largest absolute Gasteiger partial charge is 0.102 e. The van der Waals surface area contributed by atoms with Gasteiger partial charge in [0, 0.05) is 5.92 Å². The van der Waals surface area contributed by atoms with Crippen molar-refractivity contribution in [3.8, 4) is 0 Å². The van der Waals surface area contributed by atoms with E-state index in [9.17, 15) is 0 Å². The predicted molar refractivity (Wildman–Crippen MR) is 71.3 cm³/mol. The molecule has 0 bridgehead atoms. The van der Waals surface area contributed by atoms with Crippen LogP contribution in [0, 0.1) is 22.7 Å². The maximum absolute atomic E-state index is 4.28. The zero-order valence-corrected chi connectivity index (χ0v) is 11.2. The van der Waals surface area contributed by atoms with Crippen LogP contribution in [0.2, 0.25) is 0 Å². The second kappa shape index (κ2) is 3.75. The van der Waals surface area contributed by atoms with E-state index >= 15 is 0 Å². The number of hydrogen-bond donors (Lipinski definition) is 0. The topological polar surface area (TPSA) is 0 Å². The highest BCUT2D eigenvalue weighted by Crippen LogP contribution is 2.60. The molecule has 2 aliphatic carbocycles. The SMILES string of the molecule is C=CC1C(=C)CCC2C(C)(C)CCCC12C. The zero-order valence-electron chi connectivity index (χ0n) is 11.2. The Hall–Kier alpha value is -0.520. The number of hydrogen-bond acceptors (Lipinski definition) is 0. The summed E-state index contributed by atoms with van der Waals surface area (Å²) in [7, 11) is 0. The van der Waals surface area contributed by atoms with Gasteiger partial charge in [-0.05, 0) is 42.4 Å². The Morgan fingerprint density at radius 3 is 2.56 bits per heavy atom. The molecule has 0 aromatic heterocycles. The summed E-state index contributed by atoms with van der Waals surface area (Å²) in [6, 6.07) is 0. The van der Waals surface area contributed by atoms with Crippen molar-refractivity contribution in [2.24, 2.45) is 22.7 Å². The van der Waals surface area contributed by atoms with Crippen molar-refractivity contribution in [3.63, 3.8) is 0 Å². The van der Waals surface area contributed by atoms with Crippen LogP contribution < -0.4 is 0 Å². The monoisotopic (exact) mass is 218 g/mol. The number of rotatable bonds is 1. The van der Waals surface area contributed by atoms with E-state index in [0.717, 1.165) is 5.92 Å². The Bertz CT molecular complexity index is 310. The molecule has 0 nitrogen and oxygen atoms in total. The fraction of sp³-hybridized carbons (Fsp3) is 0.750. The summed E-state index contributed by atoms with van der Waals surface area (Å²) in [5.74, 6) is 1.40. The first-order chi connectivity index (χ1) is 7.42. The van der Waals surface area contributed by atoms with Crippen LogP contribution in [0.25, 0.3) is 0 Å². The molecule has 0 radical (unpaired) electrons. The van der Waals surface area contributed by atoms with Crippen LogP contribution in [0.3, 0.4) is 0 Å². The van der Waals surface area contributed by atoms with Gasteiger partial charge in [-0.3, -0.25) is 0 Å². The minimum absolute atomic E-state index is 0.429. The molecule has 0 aromatic carbocycles. The molecule has 3 unspecified atom stereocenters. The third kappa shape index (κ3) is 1.58. The molecule has 2 fully saturated rings. The molecular formula is C16H26. The molecule has 2 aliphatic rings. The maximum atomic E-state index is 4.28. The Kier molecular flexibility index (Phi) is 2.80. The van der Waals surface area contributed by atoms with Gasteiger partial charge in [-0.1, -0.05) is 45.4 Å². The third-order valence-electron chi connectivity index (χ3n) is 5.42. The number of fused-ring (bicyclic) bond motifs is 1. The van der Waals surface area contributed by atoms with Crippen molar-refractivity contribution in [3.05, 3.63) is 24.8 Å². The lowest BCUT2D eigenvalue weighted by atomic mass is 9.48. The molecule has 0 spiro atoms. The predicted octanol–water partition coefficient (Wildman–Crippen LogP) is 4.97. The first-order valence-corrected chi connectivity index (χ1v) is 6.72. The molecule has 0 aliphatic heterocycles. The van der Waals surface area contributed by atoms with Gasteiger partial charge in [-0.15, -0.1) is 6.58 Å². The Morgan fingerprint density at radius 2 is 1.94 bits per heavy atom. The van der Waals surface area contributed by atoms with Crippen LogP contribution in [-0.2, 0) is 0 Å². The van der Waals surface area contributed by atoms with Crippen LogP contribution >= 0.6 is 0 Å². The molecule has 0 amide bonds.